The molecule has 0 spiro atoms. The van der Waals surface area contributed by atoms with Crippen LogP contribution in [0.1, 0.15) is 32.1 Å². The number of aromatic nitrogens is 1. The normalized spacial score (nSPS) is 16.4. The first kappa shape index (κ1) is 17.6. The Labute approximate surface area is 158 Å². The summed E-state index contributed by atoms with van der Waals surface area (Å²) in [5.41, 5.74) is 1.92. The van der Waals surface area contributed by atoms with E-state index in [1.165, 1.54) is 6.42 Å². The number of rotatable bonds is 4. The molecule has 1 aliphatic carbocycles. The fourth-order valence-corrected chi connectivity index (χ4v) is 5.96. The van der Waals surface area contributed by atoms with Gasteiger partial charge in [-0.2, -0.15) is 4.31 Å². The molecule has 0 radical (unpaired) electrons. The first-order valence-corrected chi connectivity index (χ1v) is 11.3. The van der Waals surface area contributed by atoms with E-state index in [0.717, 1.165) is 46.5 Å². The lowest BCUT2D eigenvalue weighted by molar-refractivity contribution is 0.286. The van der Waals surface area contributed by atoms with E-state index >= 15 is 0 Å². The quantitative estimate of drug-likeness (QED) is 0.640. The highest BCUT2D eigenvalue weighted by atomic mass is 32.2. The van der Waals surface area contributed by atoms with Crippen molar-refractivity contribution in [3.8, 4) is 10.6 Å². The van der Waals surface area contributed by atoms with E-state index in [1.54, 1.807) is 34.8 Å². The van der Waals surface area contributed by atoms with Crippen molar-refractivity contribution in [3.05, 3.63) is 48.5 Å². The SMILES string of the molecule is CN(C1CCCCC1)S(=O)(=O)c1ccc(-c2nc3ccccc3s2)cc1. The molecular weight excluding hydrogens is 364 g/mol. The minimum atomic E-state index is -3.45. The van der Waals surface area contributed by atoms with Gasteiger partial charge in [-0.05, 0) is 37.1 Å². The van der Waals surface area contributed by atoms with Crippen LogP contribution >= 0.6 is 11.3 Å². The molecule has 4 nitrogen and oxygen atoms in total. The number of nitrogens with zero attached hydrogens (tertiary/aromatic N) is 2. The molecule has 1 fully saturated rings. The van der Waals surface area contributed by atoms with Crippen LogP contribution in [0.2, 0.25) is 0 Å². The van der Waals surface area contributed by atoms with Gasteiger partial charge in [0, 0.05) is 18.7 Å². The summed E-state index contributed by atoms with van der Waals surface area (Å²) in [4.78, 5) is 5.00. The molecular formula is C20H22N2O2S2. The highest BCUT2D eigenvalue weighted by Crippen LogP contribution is 2.31. The largest absolute Gasteiger partial charge is 0.243 e. The molecule has 1 aromatic heterocycles. The molecule has 0 atom stereocenters. The average molecular weight is 387 g/mol. The van der Waals surface area contributed by atoms with Crippen molar-refractivity contribution in [3.63, 3.8) is 0 Å². The van der Waals surface area contributed by atoms with Crippen molar-refractivity contribution in [2.24, 2.45) is 0 Å². The summed E-state index contributed by atoms with van der Waals surface area (Å²) < 4.78 is 28.6. The minimum absolute atomic E-state index is 0.123. The van der Waals surface area contributed by atoms with Gasteiger partial charge in [0.2, 0.25) is 10.0 Å². The number of benzene rings is 2. The van der Waals surface area contributed by atoms with Crippen LogP contribution in [0.4, 0.5) is 0 Å². The Morgan fingerprint density at radius 3 is 2.38 bits per heavy atom. The minimum Gasteiger partial charge on any atom is -0.236 e. The Bertz CT molecular complexity index is 971. The second-order valence-electron chi connectivity index (χ2n) is 6.82. The van der Waals surface area contributed by atoms with E-state index in [0.29, 0.717) is 4.90 Å². The molecule has 1 aliphatic rings. The Balaban J connectivity index is 1.60. The van der Waals surface area contributed by atoms with Crippen LogP contribution in [0.15, 0.2) is 53.4 Å². The maximum Gasteiger partial charge on any atom is 0.243 e. The summed E-state index contributed by atoms with van der Waals surface area (Å²) in [5.74, 6) is 0. The van der Waals surface area contributed by atoms with E-state index in [9.17, 15) is 8.42 Å². The van der Waals surface area contributed by atoms with Gasteiger partial charge in [-0.3, -0.25) is 0 Å². The van der Waals surface area contributed by atoms with Crippen molar-refractivity contribution < 1.29 is 8.42 Å². The molecule has 6 heteroatoms. The van der Waals surface area contributed by atoms with Gasteiger partial charge >= 0.3 is 0 Å². The van der Waals surface area contributed by atoms with E-state index < -0.39 is 10.0 Å². The van der Waals surface area contributed by atoms with Gasteiger partial charge in [0.05, 0.1) is 15.1 Å². The molecule has 136 valence electrons. The molecule has 0 aliphatic heterocycles. The van der Waals surface area contributed by atoms with Gasteiger partial charge in [-0.15, -0.1) is 11.3 Å². The van der Waals surface area contributed by atoms with Crippen LogP contribution in [0.3, 0.4) is 0 Å². The van der Waals surface area contributed by atoms with Crippen LogP contribution in [0.5, 0.6) is 0 Å². The monoisotopic (exact) mass is 386 g/mol. The van der Waals surface area contributed by atoms with Crippen molar-refractivity contribution in [1.82, 2.24) is 9.29 Å². The number of para-hydroxylation sites is 1. The Morgan fingerprint density at radius 1 is 1.00 bits per heavy atom. The number of sulfonamides is 1. The summed E-state index contributed by atoms with van der Waals surface area (Å²) in [6.07, 6.45) is 5.35. The molecule has 0 saturated heterocycles. The second-order valence-corrected chi connectivity index (χ2v) is 9.85. The summed E-state index contributed by atoms with van der Waals surface area (Å²) in [5, 5.41) is 0.913. The molecule has 0 N–H and O–H groups in total. The zero-order chi connectivity index (χ0) is 18.1. The zero-order valence-corrected chi connectivity index (χ0v) is 16.4. The highest BCUT2D eigenvalue weighted by Gasteiger charge is 2.29. The third kappa shape index (κ3) is 3.29. The fourth-order valence-electron chi connectivity index (χ4n) is 3.57. The average Bonchev–Trinajstić information content (AvgIpc) is 3.12. The third-order valence-electron chi connectivity index (χ3n) is 5.16. The second kappa shape index (κ2) is 7.10. The van der Waals surface area contributed by atoms with E-state index in [2.05, 4.69) is 11.1 Å². The Morgan fingerprint density at radius 2 is 1.69 bits per heavy atom. The van der Waals surface area contributed by atoms with E-state index in [-0.39, 0.29) is 6.04 Å². The van der Waals surface area contributed by atoms with Gasteiger partial charge in [0.25, 0.3) is 0 Å². The smallest absolute Gasteiger partial charge is 0.236 e. The van der Waals surface area contributed by atoms with Crippen LogP contribution in [0.25, 0.3) is 20.8 Å². The number of fused-ring (bicyclic) bond motifs is 1. The first-order valence-electron chi connectivity index (χ1n) is 9.00. The molecule has 0 unspecified atom stereocenters. The van der Waals surface area contributed by atoms with Crippen LogP contribution in [-0.2, 0) is 10.0 Å². The lowest BCUT2D eigenvalue weighted by Crippen LogP contribution is -2.38. The van der Waals surface area contributed by atoms with Gasteiger partial charge in [0.1, 0.15) is 5.01 Å². The predicted molar refractivity (Wildman–Crippen MR) is 107 cm³/mol. The summed E-state index contributed by atoms with van der Waals surface area (Å²) >= 11 is 1.62. The Kier molecular flexibility index (Phi) is 4.82. The van der Waals surface area contributed by atoms with E-state index in [1.807, 2.05) is 30.3 Å². The molecule has 2 aromatic carbocycles. The topological polar surface area (TPSA) is 50.3 Å². The maximum atomic E-state index is 12.9. The van der Waals surface area contributed by atoms with Crippen molar-refractivity contribution in [2.45, 2.75) is 43.0 Å². The predicted octanol–water partition coefficient (Wildman–Crippen LogP) is 4.92. The maximum absolute atomic E-state index is 12.9. The fraction of sp³-hybridized carbons (Fsp3) is 0.350. The lowest BCUT2D eigenvalue weighted by Gasteiger charge is -2.30. The third-order valence-corrected chi connectivity index (χ3v) is 8.17. The zero-order valence-electron chi connectivity index (χ0n) is 14.8. The van der Waals surface area contributed by atoms with Gasteiger partial charge in [-0.1, -0.05) is 43.5 Å². The van der Waals surface area contributed by atoms with Crippen LogP contribution in [0, 0.1) is 0 Å². The van der Waals surface area contributed by atoms with Crippen LogP contribution in [-0.4, -0.2) is 30.8 Å². The van der Waals surface area contributed by atoms with Gasteiger partial charge < -0.3 is 0 Å². The van der Waals surface area contributed by atoms with Crippen molar-refractivity contribution in [2.75, 3.05) is 7.05 Å². The number of hydrogen-bond acceptors (Lipinski definition) is 4. The van der Waals surface area contributed by atoms with Gasteiger partial charge in [-0.25, -0.2) is 13.4 Å². The molecule has 0 amide bonds. The summed E-state index contributed by atoms with van der Waals surface area (Å²) in [6, 6.07) is 15.3. The molecule has 4 rings (SSSR count). The van der Waals surface area contributed by atoms with Crippen LogP contribution < -0.4 is 0 Å². The van der Waals surface area contributed by atoms with Gasteiger partial charge in [0.15, 0.2) is 0 Å². The summed E-state index contributed by atoms with van der Waals surface area (Å²) in [7, 11) is -1.73. The Hall–Kier alpha value is -1.76. The molecule has 26 heavy (non-hydrogen) atoms. The number of thiazole rings is 1. The van der Waals surface area contributed by atoms with Crippen molar-refractivity contribution >= 4 is 31.6 Å². The lowest BCUT2D eigenvalue weighted by atomic mass is 9.96. The van der Waals surface area contributed by atoms with E-state index in [4.69, 9.17) is 0 Å². The molecule has 0 bridgehead atoms. The standard InChI is InChI=1S/C20H22N2O2S2/c1-22(16-7-3-2-4-8-16)26(23,24)17-13-11-15(12-14-17)20-21-18-9-5-6-10-19(18)25-20/h5-6,9-14,16H,2-4,7-8H2,1H3. The molecule has 3 aromatic rings. The van der Waals surface area contributed by atoms with Crippen molar-refractivity contribution in [1.29, 1.82) is 0 Å². The molecule has 1 saturated carbocycles. The number of hydrogen-bond donors (Lipinski definition) is 0. The highest BCUT2D eigenvalue weighted by molar-refractivity contribution is 7.89. The first-order chi connectivity index (χ1) is 12.6. The summed E-state index contributed by atoms with van der Waals surface area (Å²) in [6.45, 7) is 0. The molecule has 1 heterocycles.